The highest BCUT2D eigenvalue weighted by Gasteiger charge is 2.15. The summed E-state index contributed by atoms with van der Waals surface area (Å²) in [6, 6.07) is 3.49. The molecule has 0 aliphatic heterocycles. The molecule has 0 saturated carbocycles. The van der Waals surface area contributed by atoms with Gasteiger partial charge in [-0.1, -0.05) is 0 Å². The van der Waals surface area contributed by atoms with E-state index in [-0.39, 0.29) is 0 Å². The van der Waals surface area contributed by atoms with E-state index in [4.69, 9.17) is 4.42 Å². The van der Waals surface area contributed by atoms with Crippen LogP contribution in [0.1, 0.15) is 24.6 Å². The van der Waals surface area contributed by atoms with Crippen molar-refractivity contribution in [1.82, 2.24) is 14.8 Å². The number of rotatable bonds is 4. The highest BCUT2D eigenvalue weighted by Crippen LogP contribution is 2.22. The van der Waals surface area contributed by atoms with Crippen LogP contribution in [-0.4, -0.2) is 19.9 Å². The molecular weight excluding hydrogens is 274 g/mol. The SMILES string of the molecule is CCn1ncnc1CC(O)c1ccc(Br)o1. The van der Waals surface area contributed by atoms with Crippen molar-refractivity contribution in [1.29, 1.82) is 0 Å². The van der Waals surface area contributed by atoms with Crippen molar-refractivity contribution >= 4 is 15.9 Å². The van der Waals surface area contributed by atoms with Gasteiger partial charge in [0, 0.05) is 13.0 Å². The molecule has 0 aliphatic carbocycles. The predicted molar refractivity (Wildman–Crippen MR) is 60.8 cm³/mol. The zero-order valence-corrected chi connectivity index (χ0v) is 10.4. The van der Waals surface area contributed by atoms with E-state index in [1.54, 1.807) is 16.8 Å². The summed E-state index contributed by atoms with van der Waals surface area (Å²) in [5.74, 6) is 1.28. The second-order valence-electron chi connectivity index (χ2n) is 3.35. The molecule has 1 atom stereocenters. The van der Waals surface area contributed by atoms with Crippen molar-refractivity contribution in [2.75, 3.05) is 0 Å². The first-order valence-electron chi connectivity index (χ1n) is 5.00. The quantitative estimate of drug-likeness (QED) is 0.932. The van der Waals surface area contributed by atoms with Gasteiger partial charge in [0.1, 0.15) is 24.0 Å². The van der Waals surface area contributed by atoms with Crippen LogP contribution in [0.4, 0.5) is 0 Å². The second kappa shape index (κ2) is 4.80. The number of aliphatic hydroxyl groups is 1. The van der Waals surface area contributed by atoms with Gasteiger partial charge < -0.3 is 9.52 Å². The summed E-state index contributed by atoms with van der Waals surface area (Å²) in [5.41, 5.74) is 0. The molecule has 0 saturated heterocycles. The molecule has 2 rings (SSSR count). The standard InChI is InChI=1S/C10H12BrN3O2/c1-2-14-10(12-6-13-14)5-7(15)8-3-4-9(11)16-8/h3-4,6-7,15H,2,5H2,1H3. The van der Waals surface area contributed by atoms with Crippen LogP contribution in [-0.2, 0) is 13.0 Å². The largest absolute Gasteiger partial charge is 0.452 e. The van der Waals surface area contributed by atoms with Gasteiger partial charge in [0.05, 0.1) is 0 Å². The Labute approximate surface area is 101 Å². The Kier molecular flexibility index (Phi) is 3.40. The van der Waals surface area contributed by atoms with Gasteiger partial charge in [0.2, 0.25) is 0 Å². The number of hydrogen-bond donors (Lipinski definition) is 1. The zero-order valence-electron chi connectivity index (χ0n) is 8.80. The summed E-state index contributed by atoms with van der Waals surface area (Å²) in [6.07, 6.45) is 1.19. The maximum atomic E-state index is 9.93. The number of aromatic nitrogens is 3. The third-order valence-electron chi connectivity index (χ3n) is 2.29. The minimum absolute atomic E-state index is 0.397. The molecule has 86 valence electrons. The fourth-order valence-electron chi connectivity index (χ4n) is 1.49. The molecule has 0 aromatic carbocycles. The molecule has 6 heteroatoms. The molecule has 0 amide bonds. The molecule has 2 heterocycles. The van der Waals surface area contributed by atoms with Crippen LogP contribution in [0.25, 0.3) is 0 Å². The maximum absolute atomic E-state index is 9.93. The van der Waals surface area contributed by atoms with Gasteiger partial charge in [-0.2, -0.15) is 5.10 Å². The lowest BCUT2D eigenvalue weighted by atomic mass is 10.2. The summed E-state index contributed by atoms with van der Waals surface area (Å²) in [7, 11) is 0. The van der Waals surface area contributed by atoms with Crippen LogP contribution in [0, 0.1) is 0 Å². The third kappa shape index (κ3) is 2.33. The van der Waals surface area contributed by atoms with Crippen LogP contribution in [0.3, 0.4) is 0 Å². The van der Waals surface area contributed by atoms with Gasteiger partial charge in [0.15, 0.2) is 4.67 Å². The number of furan rings is 1. The lowest BCUT2D eigenvalue weighted by Crippen LogP contribution is -2.09. The number of nitrogens with zero attached hydrogens (tertiary/aromatic N) is 3. The molecule has 0 bridgehead atoms. The first-order valence-corrected chi connectivity index (χ1v) is 5.80. The Balaban J connectivity index is 2.10. The number of aryl methyl sites for hydroxylation is 1. The molecule has 0 fully saturated rings. The highest BCUT2D eigenvalue weighted by atomic mass is 79.9. The van der Waals surface area contributed by atoms with Gasteiger partial charge in [-0.3, -0.25) is 4.68 Å². The fourth-order valence-corrected chi connectivity index (χ4v) is 1.81. The molecule has 0 spiro atoms. The minimum atomic E-state index is -0.694. The van der Waals surface area contributed by atoms with Gasteiger partial charge in [0.25, 0.3) is 0 Å². The van der Waals surface area contributed by atoms with E-state index < -0.39 is 6.10 Å². The second-order valence-corrected chi connectivity index (χ2v) is 4.14. The van der Waals surface area contributed by atoms with Gasteiger partial charge in [-0.25, -0.2) is 4.98 Å². The molecule has 1 unspecified atom stereocenters. The third-order valence-corrected chi connectivity index (χ3v) is 2.72. The summed E-state index contributed by atoms with van der Waals surface area (Å²) in [4.78, 5) is 4.10. The average Bonchev–Trinajstić information content (AvgIpc) is 2.86. The summed E-state index contributed by atoms with van der Waals surface area (Å²) < 4.78 is 7.64. The predicted octanol–water partition coefficient (Wildman–Crippen LogP) is 1.93. The maximum Gasteiger partial charge on any atom is 0.169 e. The minimum Gasteiger partial charge on any atom is -0.452 e. The molecule has 2 aromatic rings. The van der Waals surface area contributed by atoms with Crippen molar-refractivity contribution < 1.29 is 9.52 Å². The van der Waals surface area contributed by atoms with Crippen LogP contribution in [0.15, 0.2) is 27.5 Å². The van der Waals surface area contributed by atoms with E-state index >= 15 is 0 Å². The number of aliphatic hydroxyl groups excluding tert-OH is 1. The van der Waals surface area contributed by atoms with Crippen LogP contribution in [0.5, 0.6) is 0 Å². The van der Waals surface area contributed by atoms with Crippen molar-refractivity contribution in [2.24, 2.45) is 0 Å². The molecule has 16 heavy (non-hydrogen) atoms. The Morgan fingerprint density at radius 3 is 3.00 bits per heavy atom. The van der Waals surface area contributed by atoms with E-state index in [1.165, 1.54) is 6.33 Å². The summed E-state index contributed by atoms with van der Waals surface area (Å²) >= 11 is 3.20. The highest BCUT2D eigenvalue weighted by molar-refractivity contribution is 9.10. The van der Waals surface area contributed by atoms with Crippen molar-refractivity contribution in [3.63, 3.8) is 0 Å². The Hall–Kier alpha value is -1.14. The van der Waals surface area contributed by atoms with Crippen LogP contribution in [0.2, 0.25) is 0 Å². The van der Waals surface area contributed by atoms with Crippen LogP contribution >= 0.6 is 15.9 Å². The lowest BCUT2D eigenvalue weighted by Gasteiger charge is -2.07. The smallest absolute Gasteiger partial charge is 0.169 e. The average molecular weight is 286 g/mol. The Bertz CT molecular complexity index is 466. The lowest BCUT2D eigenvalue weighted by molar-refractivity contribution is 0.145. The van der Waals surface area contributed by atoms with Crippen molar-refractivity contribution in [3.8, 4) is 0 Å². The monoisotopic (exact) mass is 285 g/mol. The van der Waals surface area contributed by atoms with E-state index in [2.05, 4.69) is 26.0 Å². The Morgan fingerprint density at radius 1 is 1.56 bits per heavy atom. The van der Waals surface area contributed by atoms with E-state index in [1.807, 2.05) is 6.92 Å². The molecule has 0 radical (unpaired) electrons. The summed E-state index contributed by atoms with van der Waals surface area (Å²) in [5, 5.41) is 14.0. The number of halogens is 1. The van der Waals surface area contributed by atoms with Crippen molar-refractivity contribution in [2.45, 2.75) is 26.0 Å². The normalized spacial score (nSPS) is 12.9. The summed E-state index contributed by atoms with van der Waals surface area (Å²) in [6.45, 7) is 2.72. The number of hydrogen-bond acceptors (Lipinski definition) is 4. The van der Waals surface area contributed by atoms with Gasteiger partial charge >= 0.3 is 0 Å². The fraction of sp³-hybridized carbons (Fsp3) is 0.400. The van der Waals surface area contributed by atoms with Crippen molar-refractivity contribution in [3.05, 3.63) is 34.7 Å². The Morgan fingerprint density at radius 2 is 2.38 bits per heavy atom. The van der Waals surface area contributed by atoms with Crippen LogP contribution < -0.4 is 0 Å². The molecular formula is C10H12BrN3O2. The first-order chi connectivity index (χ1) is 7.70. The molecule has 0 aliphatic rings. The van der Waals surface area contributed by atoms with E-state index in [0.29, 0.717) is 16.9 Å². The molecule has 1 N–H and O–H groups in total. The first kappa shape index (κ1) is 11.3. The van der Waals surface area contributed by atoms with E-state index in [9.17, 15) is 5.11 Å². The van der Waals surface area contributed by atoms with Gasteiger partial charge in [-0.15, -0.1) is 0 Å². The topological polar surface area (TPSA) is 64.1 Å². The molecule has 2 aromatic heterocycles. The zero-order chi connectivity index (χ0) is 11.5. The van der Waals surface area contributed by atoms with E-state index in [0.717, 1.165) is 12.4 Å². The van der Waals surface area contributed by atoms with Gasteiger partial charge in [-0.05, 0) is 35.0 Å². The molecule has 5 nitrogen and oxygen atoms in total.